The molecule has 5 heteroatoms. The smallest absolute Gasteiger partial charge is 0.352 e. The van der Waals surface area contributed by atoms with Crippen LogP contribution in [-0.2, 0) is 0 Å². The molecule has 0 aliphatic heterocycles. The minimum absolute atomic E-state index is 0.218. The molecule has 0 aliphatic carbocycles. The first-order valence-electron chi connectivity index (χ1n) is 3.21. The van der Waals surface area contributed by atoms with Gasteiger partial charge >= 0.3 is 5.38 Å². The number of aliphatic hydroxyl groups is 1. The fourth-order valence-electron chi connectivity index (χ4n) is 0.813. The van der Waals surface area contributed by atoms with Crippen molar-refractivity contribution in [2.75, 3.05) is 0 Å². The first-order valence-corrected chi connectivity index (χ1v) is 4.47. The van der Waals surface area contributed by atoms with Gasteiger partial charge in [-0.2, -0.15) is 8.78 Å². The molecule has 0 bridgehead atoms. The van der Waals surface area contributed by atoms with Gasteiger partial charge in [-0.25, -0.2) is 0 Å². The zero-order valence-electron chi connectivity index (χ0n) is 6.22. The van der Waals surface area contributed by atoms with Gasteiger partial charge < -0.3 is 5.11 Å². The average molecular weight is 213 g/mol. The van der Waals surface area contributed by atoms with Crippen LogP contribution in [0, 0.1) is 6.92 Å². The van der Waals surface area contributed by atoms with Gasteiger partial charge in [-0.15, -0.1) is 11.3 Å². The summed E-state index contributed by atoms with van der Waals surface area (Å²) in [6, 6.07) is 1.66. The number of hydrogen-bond acceptors (Lipinski definition) is 2. The molecule has 1 rings (SSSR count). The van der Waals surface area contributed by atoms with Crippen LogP contribution in [0.2, 0.25) is 0 Å². The molecule has 0 saturated carbocycles. The lowest BCUT2D eigenvalue weighted by Crippen LogP contribution is -2.18. The second kappa shape index (κ2) is 3.28. The summed E-state index contributed by atoms with van der Waals surface area (Å²) in [5, 5.41) is 7.10. The standard InChI is InChI=1S/C7H7ClF2OS/c1-4-2-3-12-5(4)6(11)7(8,9)10/h2-3,6,11H,1H3. The highest BCUT2D eigenvalue weighted by Crippen LogP contribution is 2.38. The van der Waals surface area contributed by atoms with Gasteiger partial charge in [0.1, 0.15) is 0 Å². The van der Waals surface area contributed by atoms with Gasteiger partial charge in [0.05, 0.1) is 0 Å². The summed E-state index contributed by atoms with van der Waals surface area (Å²) in [7, 11) is 0. The maximum atomic E-state index is 12.4. The van der Waals surface area contributed by atoms with E-state index in [0.717, 1.165) is 11.3 Å². The average Bonchev–Trinajstić information content (AvgIpc) is 2.31. The number of aliphatic hydroxyl groups excluding tert-OH is 1. The summed E-state index contributed by atoms with van der Waals surface area (Å²) in [4.78, 5) is 0.218. The van der Waals surface area contributed by atoms with Crippen molar-refractivity contribution >= 4 is 22.9 Å². The lowest BCUT2D eigenvalue weighted by Gasteiger charge is -2.14. The molecule has 1 aromatic rings. The molecule has 1 aromatic heterocycles. The Morgan fingerprint density at radius 1 is 1.67 bits per heavy atom. The van der Waals surface area contributed by atoms with Crippen LogP contribution in [0.1, 0.15) is 16.5 Å². The van der Waals surface area contributed by atoms with E-state index in [-0.39, 0.29) is 4.88 Å². The number of thiophene rings is 1. The highest BCUT2D eigenvalue weighted by molar-refractivity contribution is 7.10. The molecule has 0 amide bonds. The highest BCUT2D eigenvalue weighted by Gasteiger charge is 2.38. The van der Waals surface area contributed by atoms with Crippen molar-refractivity contribution in [1.29, 1.82) is 0 Å². The Bertz CT molecular complexity index is 269. The Morgan fingerprint density at radius 2 is 2.25 bits per heavy atom. The van der Waals surface area contributed by atoms with Gasteiger partial charge in [-0.3, -0.25) is 0 Å². The predicted octanol–water partition coefficient (Wildman–Crippen LogP) is 2.92. The molecule has 1 atom stereocenters. The van der Waals surface area contributed by atoms with Gasteiger partial charge in [-0.05, 0) is 35.5 Å². The molecule has 1 heterocycles. The van der Waals surface area contributed by atoms with Crippen molar-refractivity contribution in [3.63, 3.8) is 0 Å². The normalized spacial score (nSPS) is 14.8. The minimum Gasteiger partial charge on any atom is -0.380 e. The van der Waals surface area contributed by atoms with Gasteiger partial charge in [0.25, 0.3) is 0 Å². The monoisotopic (exact) mass is 212 g/mol. The third kappa shape index (κ3) is 1.94. The van der Waals surface area contributed by atoms with Crippen LogP contribution in [0.15, 0.2) is 11.4 Å². The second-order valence-corrected chi connectivity index (χ2v) is 3.86. The number of rotatable bonds is 2. The van der Waals surface area contributed by atoms with Crippen LogP contribution in [0.4, 0.5) is 8.78 Å². The third-order valence-electron chi connectivity index (χ3n) is 1.46. The van der Waals surface area contributed by atoms with Gasteiger partial charge in [-0.1, -0.05) is 0 Å². The molecular formula is C7H7ClF2OS. The molecular weight excluding hydrogens is 206 g/mol. The van der Waals surface area contributed by atoms with Crippen molar-refractivity contribution < 1.29 is 13.9 Å². The summed E-state index contributed by atoms with van der Waals surface area (Å²) >= 11 is 5.74. The maximum Gasteiger partial charge on any atom is 0.352 e. The Hall–Kier alpha value is -0.190. The van der Waals surface area contributed by atoms with Crippen LogP contribution in [0.5, 0.6) is 0 Å². The fourth-order valence-corrected chi connectivity index (χ4v) is 1.94. The third-order valence-corrected chi connectivity index (χ3v) is 2.74. The van der Waals surface area contributed by atoms with Crippen molar-refractivity contribution in [3.05, 3.63) is 21.9 Å². The lowest BCUT2D eigenvalue weighted by atomic mass is 10.2. The minimum atomic E-state index is -3.59. The van der Waals surface area contributed by atoms with E-state index in [1.165, 1.54) is 0 Å². The number of alkyl halides is 3. The number of halogens is 3. The molecule has 0 spiro atoms. The van der Waals surface area contributed by atoms with Gasteiger partial charge in [0.2, 0.25) is 0 Å². The summed E-state index contributed by atoms with van der Waals surface area (Å²) in [5.41, 5.74) is 0.632. The summed E-state index contributed by atoms with van der Waals surface area (Å²) in [5.74, 6) is 0. The van der Waals surface area contributed by atoms with Crippen molar-refractivity contribution in [3.8, 4) is 0 Å². The molecule has 0 aromatic carbocycles. The van der Waals surface area contributed by atoms with E-state index in [4.69, 9.17) is 5.11 Å². The van der Waals surface area contributed by atoms with E-state index in [2.05, 4.69) is 11.6 Å². The SMILES string of the molecule is Cc1ccsc1C(O)C(F)(F)Cl. The predicted molar refractivity (Wildman–Crippen MR) is 44.8 cm³/mol. The molecule has 1 unspecified atom stereocenters. The van der Waals surface area contributed by atoms with Crippen LogP contribution in [0.3, 0.4) is 0 Å². The summed E-state index contributed by atoms with van der Waals surface area (Å²) in [6.45, 7) is 1.65. The van der Waals surface area contributed by atoms with Gasteiger partial charge in [0.15, 0.2) is 6.10 Å². The Kier molecular flexibility index (Phi) is 2.70. The van der Waals surface area contributed by atoms with Crippen molar-refractivity contribution in [1.82, 2.24) is 0 Å². The van der Waals surface area contributed by atoms with E-state index >= 15 is 0 Å². The Balaban J connectivity index is 2.92. The largest absolute Gasteiger partial charge is 0.380 e. The van der Waals surface area contributed by atoms with E-state index < -0.39 is 11.5 Å². The van der Waals surface area contributed by atoms with E-state index in [0.29, 0.717) is 5.56 Å². The Labute approximate surface area is 77.6 Å². The first-order chi connectivity index (χ1) is 5.43. The first kappa shape index (κ1) is 9.89. The maximum absolute atomic E-state index is 12.4. The second-order valence-electron chi connectivity index (χ2n) is 2.41. The molecule has 0 fully saturated rings. The van der Waals surface area contributed by atoms with Crippen LogP contribution in [-0.4, -0.2) is 10.5 Å². The van der Waals surface area contributed by atoms with Crippen LogP contribution < -0.4 is 0 Å². The molecule has 0 saturated heterocycles. The van der Waals surface area contributed by atoms with Gasteiger partial charge in [0, 0.05) is 4.88 Å². The van der Waals surface area contributed by atoms with Crippen LogP contribution in [0.25, 0.3) is 0 Å². The molecule has 68 valence electrons. The molecule has 12 heavy (non-hydrogen) atoms. The van der Waals surface area contributed by atoms with E-state index in [1.54, 1.807) is 18.4 Å². The lowest BCUT2D eigenvalue weighted by molar-refractivity contribution is -0.0408. The molecule has 0 aliphatic rings. The van der Waals surface area contributed by atoms with E-state index in [1.807, 2.05) is 0 Å². The molecule has 1 N–H and O–H groups in total. The van der Waals surface area contributed by atoms with Crippen molar-refractivity contribution in [2.24, 2.45) is 0 Å². The number of hydrogen-bond donors (Lipinski definition) is 1. The highest BCUT2D eigenvalue weighted by atomic mass is 35.5. The fraction of sp³-hybridized carbons (Fsp3) is 0.429. The topological polar surface area (TPSA) is 20.2 Å². The molecule has 0 radical (unpaired) electrons. The Morgan fingerprint density at radius 3 is 2.58 bits per heavy atom. The summed E-state index contributed by atoms with van der Waals surface area (Å²) in [6.07, 6.45) is -1.90. The van der Waals surface area contributed by atoms with Crippen molar-refractivity contribution in [2.45, 2.75) is 18.4 Å². The zero-order valence-corrected chi connectivity index (χ0v) is 7.79. The molecule has 1 nitrogen and oxygen atoms in total. The van der Waals surface area contributed by atoms with E-state index in [9.17, 15) is 8.78 Å². The zero-order chi connectivity index (χ0) is 9.35. The number of aryl methyl sites for hydroxylation is 1. The quantitative estimate of drug-likeness (QED) is 0.748. The van der Waals surface area contributed by atoms with Crippen LogP contribution >= 0.6 is 22.9 Å². The summed E-state index contributed by atoms with van der Waals surface area (Å²) < 4.78 is 24.8.